The van der Waals surface area contributed by atoms with Crippen molar-refractivity contribution in [1.82, 2.24) is 0 Å². The molecule has 1 heterocycles. The summed E-state index contributed by atoms with van der Waals surface area (Å²) in [6, 6.07) is 8.14. The summed E-state index contributed by atoms with van der Waals surface area (Å²) < 4.78 is 6.54. The van der Waals surface area contributed by atoms with Crippen molar-refractivity contribution in [3.05, 3.63) is 35.2 Å². The number of rotatable bonds is 4. The largest absolute Gasteiger partial charge is 0.388 e. The standard InChI is InChI=1S/C14H18O2S/c1-14(2,16-3)9-12(15)11-6-4-5-10-7-8-17-13(10)11/h4-8,12,15H,9H2,1-3H3. The van der Waals surface area contributed by atoms with Crippen molar-refractivity contribution >= 4 is 21.4 Å². The number of aliphatic hydroxyl groups is 1. The first-order valence-electron chi connectivity index (χ1n) is 5.73. The second-order valence-electron chi connectivity index (χ2n) is 4.87. The molecule has 2 aromatic rings. The van der Waals surface area contributed by atoms with Crippen molar-refractivity contribution in [1.29, 1.82) is 0 Å². The van der Waals surface area contributed by atoms with E-state index in [1.165, 1.54) is 10.1 Å². The van der Waals surface area contributed by atoms with E-state index in [0.29, 0.717) is 6.42 Å². The second-order valence-corrected chi connectivity index (χ2v) is 5.79. The lowest BCUT2D eigenvalue weighted by molar-refractivity contribution is -0.0197. The van der Waals surface area contributed by atoms with Crippen LogP contribution in [0.15, 0.2) is 29.6 Å². The molecule has 0 fully saturated rings. The molecule has 1 unspecified atom stereocenters. The molecular weight excluding hydrogens is 232 g/mol. The predicted molar refractivity (Wildman–Crippen MR) is 72.5 cm³/mol. The molecule has 2 rings (SSSR count). The first kappa shape index (κ1) is 12.6. The Balaban J connectivity index is 2.30. The summed E-state index contributed by atoms with van der Waals surface area (Å²) in [5, 5.41) is 13.6. The van der Waals surface area contributed by atoms with Crippen LogP contribution in [0.3, 0.4) is 0 Å². The zero-order chi connectivity index (χ0) is 12.5. The fourth-order valence-electron chi connectivity index (χ4n) is 1.94. The molecule has 1 aromatic heterocycles. The lowest BCUT2D eigenvalue weighted by atomic mass is 9.95. The van der Waals surface area contributed by atoms with E-state index in [1.807, 2.05) is 26.0 Å². The third-order valence-electron chi connectivity index (χ3n) is 3.11. The van der Waals surface area contributed by atoms with Crippen molar-refractivity contribution in [2.45, 2.75) is 32.0 Å². The molecule has 2 nitrogen and oxygen atoms in total. The zero-order valence-electron chi connectivity index (χ0n) is 10.4. The van der Waals surface area contributed by atoms with E-state index in [4.69, 9.17) is 4.74 Å². The van der Waals surface area contributed by atoms with Crippen LogP contribution in [-0.2, 0) is 4.74 Å². The molecule has 0 saturated heterocycles. The maximum atomic E-state index is 10.3. The Morgan fingerprint density at radius 1 is 1.35 bits per heavy atom. The average molecular weight is 250 g/mol. The number of thiophene rings is 1. The van der Waals surface area contributed by atoms with Gasteiger partial charge in [-0.3, -0.25) is 0 Å². The van der Waals surface area contributed by atoms with Gasteiger partial charge < -0.3 is 9.84 Å². The van der Waals surface area contributed by atoms with Crippen LogP contribution in [0.1, 0.15) is 31.9 Å². The predicted octanol–water partition coefficient (Wildman–Crippen LogP) is 3.75. The van der Waals surface area contributed by atoms with Gasteiger partial charge in [0.15, 0.2) is 0 Å². The molecule has 1 aromatic carbocycles. The monoisotopic (exact) mass is 250 g/mol. The van der Waals surface area contributed by atoms with Crippen LogP contribution in [0.2, 0.25) is 0 Å². The van der Waals surface area contributed by atoms with Gasteiger partial charge in [-0.2, -0.15) is 0 Å². The number of fused-ring (bicyclic) bond motifs is 1. The van der Waals surface area contributed by atoms with Crippen LogP contribution in [0, 0.1) is 0 Å². The van der Waals surface area contributed by atoms with Gasteiger partial charge in [0, 0.05) is 18.2 Å². The van der Waals surface area contributed by atoms with Gasteiger partial charge in [0.2, 0.25) is 0 Å². The lowest BCUT2D eigenvalue weighted by Crippen LogP contribution is -2.25. The van der Waals surface area contributed by atoms with E-state index < -0.39 is 6.10 Å². The van der Waals surface area contributed by atoms with E-state index >= 15 is 0 Å². The fraction of sp³-hybridized carbons (Fsp3) is 0.429. The maximum Gasteiger partial charge on any atom is 0.0831 e. The Hall–Kier alpha value is -0.900. The summed E-state index contributed by atoms with van der Waals surface area (Å²) in [5.74, 6) is 0. The summed E-state index contributed by atoms with van der Waals surface area (Å²) >= 11 is 1.68. The maximum absolute atomic E-state index is 10.3. The van der Waals surface area contributed by atoms with Crippen molar-refractivity contribution in [3.63, 3.8) is 0 Å². The summed E-state index contributed by atoms with van der Waals surface area (Å²) in [7, 11) is 1.68. The lowest BCUT2D eigenvalue weighted by Gasteiger charge is -2.26. The first-order valence-corrected chi connectivity index (χ1v) is 6.61. The van der Waals surface area contributed by atoms with Gasteiger partial charge in [0.05, 0.1) is 11.7 Å². The normalized spacial score (nSPS) is 14.1. The SMILES string of the molecule is COC(C)(C)CC(O)c1cccc2ccsc12. The highest BCUT2D eigenvalue weighted by Crippen LogP contribution is 2.33. The molecule has 17 heavy (non-hydrogen) atoms. The third kappa shape index (κ3) is 2.68. The van der Waals surface area contributed by atoms with Crippen LogP contribution in [0.4, 0.5) is 0 Å². The highest BCUT2D eigenvalue weighted by Gasteiger charge is 2.23. The number of hydrogen-bond donors (Lipinski definition) is 1. The van der Waals surface area contributed by atoms with Gasteiger partial charge in [0.25, 0.3) is 0 Å². The molecule has 0 radical (unpaired) electrons. The summed E-state index contributed by atoms with van der Waals surface area (Å²) in [4.78, 5) is 0. The Bertz CT molecular complexity index is 502. The molecular formula is C14H18O2S. The van der Waals surface area contributed by atoms with Crippen LogP contribution < -0.4 is 0 Å². The quantitative estimate of drug-likeness (QED) is 0.895. The molecule has 0 aliphatic rings. The molecule has 0 aliphatic carbocycles. The van der Waals surface area contributed by atoms with Crippen LogP contribution in [0.25, 0.3) is 10.1 Å². The molecule has 1 atom stereocenters. The van der Waals surface area contributed by atoms with E-state index in [1.54, 1.807) is 18.4 Å². The number of hydrogen-bond acceptors (Lipinski definition) is 3. The fourth-order valence-corrected chi connectivity index (χ4v) is 2.90. The molecule has 92 valence electrons. The second kappa shape index (κ2) is 4.77. The van der Waals surface area contributed by atoms with Crippen molar-refractivity contribution in [3.8, 4) is 0 Å². The Morgan fingerprint density at radius 2 is 2.12 bits per heavy atom. The number of ether oxygens (including phenoxy) is 1. The van der Waals surface area contributed by atoms with Gasteiger partial charge in [-0.1, -0.05) is 18.2 Å². The first-order chi connectivity index (χ1) is 8.03. The minimum Gasteiger partial charge on any atom is -0.388 e. The van der Waals surface area contributed by atoms with Crippen molar-refractivity contribution < 1.29 is 9.84 Å². The number of benzene rings is 1. The van der Waals surface area contributed by atoms with E-state index in [2.05, 4.69) is 17.5 Å². The van der Waals surface area contributed by atoms with Crippen LogP contribution in [-0.4, -0.2) is 17.8 Å². The Kier molecular flexibility index (Phi) is 3.52. The van der Waals surface area contributed by atoms with Crippen molar-refractivity contribution in [2.75, 3.05) is 7.11 Å². The molecule has 1 N–H and O–H groups in total. The average Bonchev–Trinajstić information content (AvgIpc) is 2.76. The molecule has 0 amide bonds. The van der Waals surface area contributed by atoms with Crippen molar-refractivity contribution in [2.24, 2.45) is 0 Å². The zero-order valence-corrected chi connectivity index (χ0v) is 11.3. The van der Waals surface area contributed by atoms with Crippen LogP contribution >= 0.6 is 11.3 Å². The molecule has 0 bridgehead atoms. The number of methoxy groups -OCH3 is 1. The topological polar surface area (TPSA) is 29.5 Å². The molecule has 0 saturated carbocycles. The molecule has 0 aliphatic heterocycles. The minimum atomic E-state index is -0.479. The third-order valence-corrected chi connectivity index (χ3v) is 4.09. The van der Waals surface area contributed by atoms with Crippen LogP contribution in [0.5, 0.6) is 0 Å². The highest BCUT2D eigenvalue weighted by molar-refractivity contribution is 7.17. The van der Waals surface area contributed by atoms with E-state index in [0.717, 1.165) is 5.56 Å². The summed E-state index contributed by atoms with van der Waals surface area (Å²) in [6.07, 6.45) is 0.118. The van der Waals surface area contributed by atoms with E-state index in [-0.39, 0.29) is 5.60 Å². The van der Waals surface area contributed by atoms with E-state index in [9.17, 15) is 5.11 Å². The summed E-state index contributed by atoms with van der Waals surface area (Å²) in [5.41, 5.74) is 0.696. The number of aliphatic hydroxyl groups excluding tert-OH is 1. The van der Waals surface area contributed by atoms with Gasteiger partial charge >= 0.3 is 0 Å². The minimum absolute atomic E-state index is 0.307. The van der Waals surface area contributed by atoms with Gasteiger partial charge in [-0.25, -0.2) is 0 Å². The smallest absolute Gasteiger partial charge is 0.0831 e. The Labute approximate surface area is 106 Å². The summed E-state index contributed by atoms with van der Waals surface area (Å²) in [6.45, 7) is 3.98. The molecule has 3 heteroatoms. The highest BCUT2D eigenvalue weighted by atomic mass is 32.1. The van der Waals surface area contributed by atoms with Gasteiger partial charge in [0.1, 0.15) is 0 Å². The van der Waals surface area contributed by atoms with Gasteiger partial charge in [-0.05, 0) is 36.2 Å². The van der Waals surface area contributed by atoms with Gasteiger partial charge in [-0.15, -0.1) is 11.3 Å². The Morgan fingerprint density at radius 3 is 2.82 bits per heavy atom. The molecule has 0 spiro atoms.